The van der Waals surface area contributed by atoms with Gasteiger partial charge in [-0.3, -0.25) is 0 Å². The van der Waals surface area contributed by atoms with Gasteiger partial charge in [0, 0.05) is 5.69 Å². The molecule has 0 saturated heterocycles. The molecule has 0 unspecified atom stereocenters. The number of hydrogen-bond donors (Lipinski definition) is 1. The standard InChI is InChI=1S/C15H16N2OS/c1-2-18-13-6-4-3-5-11(13)15-16-12(10-7-8-10)9-14(19)17-15/h3-6,9-10H,2,7-8H2,1H3,(H,16,17,19). The van der Waals surface area contributed by atoms with Gasteiger partial charge in [-0.2, -0.15) is 0 Å². The Kier molecular flexibility index (Phi) is 3.34. The Morgan fingerprint density at radius 1 is 1.37 bits per heavy atom. The van der Waals surface area contributed by atoms with E-state index in [1.54, 1.807) is 0 Å². The minimum absolute atomic E-state index is 0.628. The number of hydrogen-bond acceptors (Lipinski definition) is 3. The second-order valence-electron chi connectivity index (χ2n) is 4.73. The van der Waals surface area contributed by atoms with Crippen LogP contribution in [0.15, 0.2) is 30.3 Å². The third-order valence-corrected chi connectivity index (χ3v) is 3.43. The molecule has 3 nitrogen and oxygen atoms in total. The van der Waals surface area contributed by atoms with Gasteiger partial charge in [0.05, 0.1) is 12.2 Å². The zero-order valence-electron chi connectivity index (χ0n) is 10.8. The summed E-state index contributed by atoms with van der Waals surface area (Å²) in [5.41, 5.74) is 2.17. The number of aromatic nitrogens is 2. The van der Waals surface area contributed by atoms with Gasteiger partial charge in [0.1, 0.15) is 16.2 Å². The molecule has 0 radical (unpaired) electrons. The highest BCUT2D eigenvalue weighted by Gasteiger charge is 2.25. The third-order valence-electron chi connectivity index (χ3n) is 3.22. The molecule has 0 spiro atoms. The van der Waals surface area contributed by atoms with E-state index in [2.05, 4.69) is 9.97 Å². The molecule has 1 N–H and O–H groups in total. The number of benzene rings is 1. The van der Waals surface area contributed by atoms with E-state index in [1.807, 2.05) is 37.3 Å². The van der Waals surface area contributed by atoms with Crippen molar-refractivity contribution in [1.29, 1.82) is 0 Å². The highest BCUT2D eigenvalue weighted by atomic mass is 32.1. The molecule has 1 aliphatic carbocycles. The van der Waals surface area contributed by atoms with E-state index in [1.165, 1.54) is 18.5 Å². The Labute approximate surface area is 117 Å². The first kappa shape index (κ1) is 12.4. The highest BCUT2D eigenvalue weighted by molar-refractivity contribution is 7.71. The lowest BCUT2D eigenvalue weighted by Gasteiger charge is -2.10. The number of ether oxygens (including phenoxy) is 1. The molecule has 0 amide bonds. The van der Waals surface area contributed by atoms with E-state index in [-0.39, 0.29) is 0 Å². The Morgan fingerprint density at radius 2 is 2.16 bits per heavy atom. The normalized spacial score (nSPS) is 14.4. The number of aromatic amines is 1. The molecule has 0 bridgehead atoms. The molecule has 1 aliphatic rings. The van der Waals surface area contributed by atoms with Crippen molar-refractivity contribution in [3.63, 3.8) is 0 Å². The maximum absolute atomic E-state index is 5.65. The Hall–Kier alpha value is -1.68. The lowest BCUT2D eigenvalue weighted by molar-refractivity contribution is 0.341. The minimum Gasteiger partial charge on any atom is -0.493 e. The fourth-order valence-corrected chi connectivity index (χ4v) is 2.38. The van der Waals surface area contributed by atoms with Gasteiger partial charge in [-0.05, 0) is 43.9 Å². The summed E-state index contributed by atoms with van der Waals surface area (Å²) in [6.07, 6.45) is 2.48. The molecule has 1 aromatic heterocycles. The molecule has 4 heteroatoms. The van der Waals surface area contributed by atoms with Gasteiger partial charge in [-0.15, -0.1) is 0 Å². The van der Waals surface area contributed by atoms with E-state index < -0.39 is 0 Å². The van der Waals surface area contributed by atoms with E-state index in [9.17, 15) is 0 Å². The fraction of sp³-hybridized carbons (Fsp3) is 0.333. The number of para-hydroxylation sites is 1. The lowest BCUT2D eigenvalue weighted by Crippen LogP contribution is -1.98. The van der Waals surface area contributed by atoms with Crippen molar-refractivity contribution < 1.29 is 4.74 Å². The van der Waals surface area contributed by atoms with Crippen molar-refractivity contribution in [2.75, 3.05) is 6.61 Å². The van der Waals surface area contributed by atoms with Crippen LogP contribution in [-0.4, -0.2) is 16.6 Å². The van der Waals surface area contributed by atoms with E-state index in [4.69, 9.17) is 17.0 Å². The van der Waals surface area contributed by atoms with E-state index in [0.29, 0.717) is 17.2 Å². The maximum atomic E-state index is 5.65. The molecule has 3 rings (SSSR count). The maximum Gasteiger partial charge on any atom is 0.142 e. The molecular formula is C15H16N2OS. The average Bonchev–Trinajstić information content (AvgIpc) is 3.23. The predicted octanol–water partition coefficient (Wildman–Crippen LogP) is 4.08. The van der Waals surface area contributed by atoms with Gasteiger partial charge in [0.2, 0.25) is 0 Å². The van der Waals surface area contributed by atoms with Crippen LogP contribution in [0, 0.1) is 4.64 Å². The van der Waals surface area contributed by atoms with E-state index in [0.717, 1.165) is 17.1 Å². The molecule has 2 aromatic rings. The number of nitrogens with one attached hydrogen (secondary N) is 1. The molecule has 1 saturated carbocycles. The Balaban J connectivity index is 2.08. The van der Waals surface area contributed by atoms with Crippen LogP contribution in [0.2, 0.25) is 0 Å². The van der Waals surface area contributed by atoms with Crippen LogP contribution >= 0.6 is 12.2 Å². The molecule has 98 valence electrons. The summed E-state index contributed by atoms with van der Waals surface area (Å²) in [7, 11) is 0. The summed E-state index contributed by atoms with van der Waals surface area (Å²) in [6, 6.07) is 9.89. The molecule has 1 heterocycles. The van der Waals surface area contributed by atoms with E-state index >= 15 is 0 Å². The van der Waals surface area contributed by atoms with Crippen LogP contribution in [0.3, 0.4) is 0 Å². The number of nitrogens with zero attached hydrogens (tertiary/aromatic N) is 1. The minimum atomic E-state index is 0.628. The van der Waals surface area contributed by atoms with Crippen LogP contribution in [0.1, 0.15) is 31.4 Å². The van der Waals surface area contributed by atoms with Gasteiger partial charge in [0.25, 0.3) is 0 Å². The van der Waals surface area contributed by atoms with Crippen LogP contribution in [0.4, 0.5) is 0 Å². The second-order valence-corrected chi connectivity index (χ2v) is 5.15. The molecular weight excluding hydrogens is 256 g/mol. The van der Waals surface area contributed by atoms with Gasteiger partial charge in [-0.25, -0.2) is 4.98 Å². The van der Waals surface area contributed by atoms with Crippen LogP contribution < -0.4 is 4.74 Å². The largest absolute Gasteiger partial charge is 0.493 e. The molecule has 0 aliphatic heterocycles. The second kappa shape index (κ2) is 5.13. The van der Waals surface area contributed by atoms with Crippen molar-refractivity contribution in [1.82, 2.24) is 9.97 Å². The van der Waals surface area contributed by atoms with Crippen molar-refractivity contribution in [2.45, 2.75) is 25.7 Å². The van der Waals surface area contributed by atoms with Crippen LogP contribution in [0.5, 0.6) is 5.75 Å². The van der Waals surface area contributed by atoms with Crippen molar-refractivity contribution in [2.24, 2.45) is 0 Å². The van der Waals surface area contributed by atoms with Gasteiger partial charge in [-0.1, -0.05) is 24.4 Å². The monoisotopic (exact) mass is 272 g/mol. The molecule has 0 atom stereocenters. The van der Waals surface area contributed by atoms with Crippen molar-refractivity contribution in [3.8, 4) is 17.1 Å². The average molecular weight is 272 g/mol. The van der Waals surface area contributed by atoms with Gasteiger partial charge < -0.3 is 9.72 Å². The lowest BCUT2D eigenvalue weighted by atomic mass is 10.1. The van der Waals surface area contributed by atoms with Crippen molar-refractivity contribution >= 4 is 12.2 Å². The van der Waals surface area contributed by atoms with Crippen LogP contribution in [0.25, 0.3) is 11.4 Å². The molecule has 19 heavy (non-hydrogen) atoms. The molecule has 1 aromatic carbocycles. The van der Waals surface area contributed by atoms with Gasteiger partial charge in [0.15, 0.2) is 0 Å². The number of rotatable bonds is 4. The zero-order valence-corrected chi connectivity index (χ0v) is 11.7. The highest BCUT2D eigenvalue weighted by Crippen LogP contribution is 2.39. The smallest absolute Gasteiger partial charge is 0.142 e. The SMILES string of the molecule is CCOc1ccccc1-c1nc(=S)cc(C2CC2)[nH]1. The Bertz CT molecular complexity index is 647. The summed E-state index contributed by atoms with van der Waals surface area (Å²) in [5, 5.41) is 0. The first-order valence-electron chi connectivity index (χ1n) is 6.61. The van der Waals surface area contributed by atoms with Gasteiger partial charge >= 0.3 is 0 Å². The summed E-state index contributed by atoms with van der Waals surface area (Å²) >= 11 is 5.27. The summed E-state index contributed by atoms with van der Waals surface area (Å²) in [6.45, 7) is 2.62. The summed E-state index contributed by atoms with van der Waals surface area (Å²) in [4.78, 5) is 7.84. The predicted molar refractivity (Wildman–Crippen MR) is 78.0 cm³/mol. The van der Waals surface area contributed by atoms with Crippen molar-refractivity contribution in [3.05, 3.63) is 40.7 Å². The fourth-order valence-electron chi connectivity index (χ4n) is 2.16. The molecule has 1 fully saturated rings. The zero-order chi connectivity index (χ0) is 13.2. The van der Waals surface area contributed by atoms with Crippen LogP contribution in [-0.2, 0) is 0 Å². The number of H-pyrrole nitrogens is 1. The summed E-state index contributed by atoms with van der Waals surface area (Å²) < 4.78 is 6.29. The first-order chi connectivity index (χ1) is 9.28. The Morgan fingerprint density at radius 3 is 2.89 bits per heavy atom. The first-order valence-corrected chi connectivity index (χ1v) is 7.02. The third kappa shape index (κ3) is 2.68. The summed E-state index contributed by atoms with van der Waals surface area (Å²) in [5.74, 6) is 2.28. The quantitative estimate of drug-likeness (QED) is 0.852. The topological polar surface area (TPSA) is 37.9 Å².